The number of pyridine rings is 1. The molecule has 3 heteroatoms. The monoisotopic (exact) mass is 249 g/mol. The van der Waals surface area contributed by atoms with Crippen LogP contribution in [0.1, 0.15) is 37.7 Å². The van der Waals surface area contributed by atoms with Crippen molar-refractivity contribution < 1.29 is 0 Å². The number of aryl methyl sites for hydroxylation is 2. The van der Waals surface area contributed by atoms with Gasteiger partial charge in [0.2, 0.25) is 0 Å². The normalized spacial score (nSPS) is 12.2. The van der Waals surface area contributed by atoms with E-state index in [0.29, 0.717) is 0 Å². The zero-order valence-electron chi connectivity index (χ0n) is 12.7. The van der Waals surface area contributed by atoms with Crippen molar-refractivity contribution >= 4 is 0 Å². The Morgan fingerprint density at radius 2 is 1.89 bits per heavy atom. The molecule has 0 aromatic carbocycles. The number of likely N-dealkylation sites (N-methyl/N-ethyl adjacent to an activating group) is 1. The van der Waals surface area contributed by atoms with Crippen molar-refractivity contribution in [2.75, 3.05) is 20.1 Å². The topological polar surface area (TPSA) is 28.2 Å². The van der Waals surface area contributed by atoms with Gasteiger partial charge >= 0.3 is 0 Å². The quantitative estimate of drug-likeness (QED) is 0.869. The maximum Gasteiger partial charge on any atom is 0.0420 e. The fourth-order valence-corrected chi connectivity index (χ4v) is 1.87. The Hall–Kier alpha value is -0.930. The van der Waals surface area contributed by atoms with Crippen LogP contribution < -0.4 is 5.32 Å². The zero-order chi connectivity index (χ0) is 13.8. The van der Waals surface area contributed by atoms with Crippen LogP contribution >= 0.6 is 0 Å². The van der Waals surface area contributed by atoms with Gasteiger partial charge in [0.25, 0.3) is 0 Å². The summed E-state index contributed by atoms with van der Waals surface area (Å²) in [6, 6.07) is 4.27. The van der Waals surface area contributed by atoms with Gasteiger partial charge in [-0.3, -0.25) is 4.98 Å². The fraction of sp³-hybridized carbons (Fsp3) is 0.667. The maximum absolute atomic E-state index is 4.50. The number of hydrogen-bond donors (Lipinski definition) is 1. The Bertz CT molecular complexity index is 380. The van der Waals surface area contributed by atoms with Gasteiger partial charge in [-0.2, -0.15) is 0 Å². The Kier molecular flexibility index (Phi) is 5.29. The highest BCUT2D eigenvalue weighted by molar-refractivity contribution is 5.21. The lowest BCUT2D eigenvalue weighted by Gasteiger charge is -2.24. The van der Waals surface area contributed by atoms with Gasteiger partial charge in [-0.15, -0.1) is 0 Å². The molecular weight excluding hydrogens is 222 g/mol. The third-order valence-corrected chi connectivity index (χ3v) is 2.92. The molecule has 102 valence electrons. The van der Waals surface area contributed by atoms with Crippen LogP contribution in [0.4, 0.5) is 0 Å². The molecule has 0 spiro atoms. The Morgan fingerprint density at radius 3 is 2.44 bits per heavy atom. The van der Waals surface area contributed by atoms with Gasteiger partial charge in [0, 0.05) is 36.6 Å². The van der Waals surface area contributed by atoms with Crippen LogP contribution in [0.5, 0.6) is 0 Å². The van der Waals surface area contributed by atoms with Gasteiger partial charge in [0.15, 0.2) is 0 Å². The summed E-state index contributed by atoms with van der Waals surface area (Å²) >= 11 is 0. The van der Waals surface area contributed by atoms with E-state index in [2.05, 4.69) is 62.1 Å². The van der Waals surface area contributed by atoms with Gasteiger partial charge in [0.1, 0.15) is 0 Å². The first-order valence-corrected chi connectivity index (χ1v) is 6.64. The molecule has 1 aromatic heterocycles. The average molecular weight is 249 g/mol. The van der Waals surface area contributed by atoms with Crippen LogP contribution in [0, 0.1) is 13.8 Å². The van der Waals surface area contributed by atoms with E-state index >= 15 is 0 Å². The Labute approximate surface area is 112 Å². The van der Waals surface area contributed by atoms with E-state index in [4.69, 9.17) is 0 Å². The van der Waals surface area contributed by atoms with Crippen molar-refractivity contribution in [2.45, 2.75) is 46.7 Å². The molecule has 0 atom stereocenters. The van der Waals surface area contributed by atoms with Crippen molar-refractivity contribution in [3.63, 3.8) is 0 Å². The predicted octanol–water partition coefficient (Wildman–Crippen LogP) is 2.52. The molecule has 0 fully saturated rings. The van der Waals surface area contributed by atoms with Gasteiger partial charge in [0.05, 0.1) is 0 Å². The zero-order valence-corrected chi connectivity index (χ0v) is 12.7. The van der Waals surface area contributed by atoms with Crippen molar-refractivity contribution in [2.24, 2.45) is 0 Å². The minimum absolute atomic E-state index is 0.197. The van der Waals surface area contributed by atoms with Gasteiger partial charge in [-0.25, -0.2) is 0 Å². The van der Waals surface area contributed by atoms with Crippen LogP contribution in [-0.2, 0) is 6.54 Å². The highest BCUT2D eigenvalue weighted by atomic mass is 15.1. The van der Waals surface area contributed by atoms with E-state index < -0.39 is 0 Å². The first-order chi connectivity index (χ1) is 8.28. The van der Waals surface area contributed by atoms with E-state index in [9.17, 15) is 0 Å². The number of rotatable bonds is 5. The summed E-state index contributed by atoms with van der Waals surface area (Å²) in [5.41, 5.74) is 3.75. The van der Waals surface area contributed by atoms with Crippen LogP contribution in [0.2, 0.25) is 0 Å². The molecule has 0 aliphatic rings. The largest absolute Gasteiger partial charge is 0.311 e. The number of nitrogens with zero attached hydrogens (tertiary/aromatic N) is 2. The molecule has 3 nitrogen and oxygen atoms in total. The molecule has 0 bridgehead atoms. The summed E-state index contributed by atoms with van der Waals surface area (Å²) < 4.78 is 0. The van der Waals surface area contributed by atoms with Gasteiger partial charge in [-0.1, -0.05) is 6.07 Å². The molecule has 0 saturated carbocycles. The second kappa shape index (κ2) is 6.30. The van der Waals surface area contributed by atoms with E-state index in [0.717, 1.165) is 31.0 Å². The minimum atomic E-state index is 0.197. The third kappa shape index (κ3) is 5.61. The first-order valence-electron chi connectivity index (χ1n) is 6.64. The molecule has 1 heterocycles. The van der Waals surface area contributed by atoms with Crippen LogP contribution in [0.15, 0.2) is 12.1 Å². The number of nitrogens with one attached hydrogen (secondary N) is 1. The second-order valence-corrected chi connectivity index (χ2v) is 6.11. The predicted molar refractivity (Wildman–Crippen MR) is 77.8 cm³/mol. The molecule has 18 heavy (non-hydrogen) atoms. The minimum Gasteiger partial charge on any atom is -0.311 e. The Balaban J connectivity index is 2.42. The smallest absolute Gasteiger partial charge is 0.0420 e. The van der Waals surface area contributed by atoms with Gasteiger partial charge < -0.3 is 10.2 Å². The van der Waals surface area contributed by atoms with Crippen molar-refractivity contribution in [1.82, 2.24) is 15.2 Å². The summed E-state index contributed by atoms with van der Waals surface area (Å²) in [7, 11) is 2.16. The molecule has 0 aliphatic carbocycles. The highest BCUT2D eigenvalue weighted by Gasteiger charge is 2.09. The van der Waals surface area contributed by atoms with Crippen LogP contribution in [0.3, 0.4) is 0 Å². The molecule has 0 aliphatic heterocycles. The molecular formula is C15H27N3. The molecule has 0 amide bonds. The summed E-state index contributed by atoms with van der Waals surface area (Å²) in [4.78, 5) is 6.84. The third-order valence-electron chi connectivity index (χ3n) is 2.92. The van der Waals surface area contributed by atoms with Crippen molar-refractivity contribution in [3.05, 3.63) is 29.1 Å². The lowest BCUT2D eigenvalue weighted by Crippen LogP contribution is -2.40. The van der Waals surface area contributed by atoms with Crippen LogP contribution in [-0.4, -0.2) is 35.6 Å². The second-order valence-electron chi connectivity index (χ2n) is 6.11. The molecule has 0 radical (unpaired) electrons. The summed E-state index contributed by atoms with van der Waals surface area (Å²) in [5, 5.41) is 3.50. The average Bonchev–Trinajstić information content (AvgIpc) is 2.20. The lowest BCUT2D eigenvalue weighted by atomic mass is 10.1. The molecule has 1 rings (SSSR count). The van der Waals surface area contributed by atoms with E-state index in [1.165, 1.54) is 5.56 Å². The molecule has 0 saturated heterocycles. The summed E-state index contributed by atoms with van der Waals surface area (Å²) in [6.07, 6.45) is 0. The highest BCUT2D eigenvalue weighted by Crippen LogP contribution is 2.08. The van der Waals surface area contributed by atoms with E-state index in [-0.39, 0.29) is 5.54 Å². The standard InChI is InChI=1S/C15H27N3/c1-12-7-8-14(13(2)17-12)11-18(6)10-9-16-15(3,4)5/h7-8,16H,9-11H2,1-6H3. The summed E-state index contributed by atoms with van der Waals surface area (Å²) in [6.45, 7) is 13.7. The Morgan fingerprint density at radius 1 is 1.22 bits per heavy atom. The molecule has 1 aromatic rings. The first kappa shape index (κ1) is 15.1. The van der Waals surface area contributed by atoms with Gasteiger partial charge in [-0.05, 0) is 53.3 Å². The van der Waals surface area contributed by atoms with E-state index in [1.54, 1.807) is 0 Å². The number of aromatic nitrogens is 1. The SMILES string of the molecule is Cc1ccc(CN(C)CCNC(C)(C)C)c(C)n1. The van der Waals surface area contributed by atoms with E-state index in [1.807, 2.05) is 6.92 Å². The summed E-state index contributed by atoms with van der Waals surface area (Å²) in [5.74, 6) is 0. The van der Waals surface area contributed by atoms with Crippen molar-refractivity contribution in [3.8, 4) is 0 Å². The fourth-order valence-electron chi connectivity index (χ4n) is 1.87. The van der Waals surface area contributed by atoms with Crippen LogP contribution in [0.25, 0.3) is 0 Å². The van der Waals surface area contributed by atoms with Crippen molar-refractivity contribution in [1.29, 1.82) is 0 Å². The maximum atomic E-state index is 4.50. The molecule has 1 N–H and O–H groups in total. The molecule has 0 unspecified atom stereocenters. The lowest BCUT2D eigenvalue weighted by molar-refractivity contribution is 0.302. The number of hydrogen-bond acceptors (Lipinski definition) is 3.